The predicted octanol–water partition coefficient (Wildman–Crippen LogP) is 4.23. The van der Waals surface area contributed by atoms with Crippen LogP contribution in [-0.2, 0) is 0 Å². The molecule has 2 bridgehead atoms. The van der Waals surface area contributed by atoms with Crippen LogP contribution in [-0.4, -0.2) is 18.0 Å². The van der Waals surface area contributed by atoms with Gasteiger partial charge in [-0.25, -0.2) is 0 Å². The van der Waals surface area contributed by atoms with Gasteiger partial charge in [0.1, 0.15) is 0 Å². The average molecular weight is 198 g/mol. The third kappa shape index (κ3) is 2.46. The molecule has 0 aromatic heterocycles. The third-order valence-electron chi connectivity index (χ3n) is 3.87. The van der Waals surface area contributed by atoms with Crippen molar-refractivity contribution in [1.29, 1.82) is 0 Å². The minimum atomic E-state index is 0.503. The lowest BCUT2D eigenvalue weighted by Gasteiger charge is -2.40. The molecule has 3 atom stereocenters. The van der Waals surface area contributed by atoms with Gasteiger partial charge in [0.2, 0.25) is 0 Å². The van der Waals surface area contributed by atoms with Crippen molar-refractivity contribution in [2.45, 2.75) is 57.5 Å². The monoisotopic (exact) mass is 198 g/mol. The largest absolute Gasteiger partial charge is 0.103 e. The van der Waals surface area contributed by atoms with Crippen molar-refractivity contribution in [1.82, 2.24) is 0 Å². The van der Waals surface area contributed by atoms with Crippen LogP contribution in [0, 0.1) is 5.92 Å². The summed E-state index contributed by atoms with van der Waals surface area (Å²) < 4.78 is 0. The minimum Gasteiger partial charge on any atom is -0.103 e. The molecule has 13 heavy (non-hydrogen) atoms. The first-order valence-electron chi connectivity index (χ1n) is 6.14. The maximum atomic E-state index is 2.33. The molecule has 2 aliphatic heterocycles. The molecular formula is C12H23P. The zero-order valence-corrected chi connectivity index (χ0v) is 9.86. The Morgan fingerprint density at radius 2 is 2.15 bits per heavy atom. The fourth-order valence-electron chi connectivity index (χ4n) is 3.04. The number of unbranched alkanes of at least 4 members (excludes halogenated alkanes) is 1. The normalized spacial score (nSPS) is 39.0. The minimum absolute atomic E-state index is 0.503. The Hall–Kier alpha value is 0.430. The molecule has 0 radical (unpaired) electrons. The second kappa shape index (κ2) is 4.78. The van der Waals surface area contributed by atoms with E-state index in [2.05, 4.69) is 6.92 Å². The highest BCUT2D eigenvalue weighted by Gasteiger charge is 2.31. The lowest BCUT2D eigenvalue weighted by Crippen LogP contribution is -2.26. The molecule has 76 valence electrons. The van der Waals surface area contributed by atoms with Crippen molar-refractivity contribution in [2.24, 2.45) is 5.92 Å². The Labute approximate surface area is 84.2 Å². The Balaban J connectivity index is 1.83. The predicted molar refractivity (Wildman–Crippen MR) is 61.9 cm³/mol. The summed E-state index contributed by atoms with van der Waals surface area (Å²) in [5.74, 6) is 1.16. The maximum absolute atomic E-state index is 2.33. The molecule has 0 N–H and O–H groups in total. The highest BCUT2D eigenvalue weighted by Crippen LogP contribution is 2.55. The van der Waals surface area contributed by atoms with Crippen molar-refractivity contribution in [3.05, 3.63) is 0 Å². The second-order valence-electron chi connectivity index (χ2n) is 4.88. The van der Waals surface area contributed by atoms with Crippen molar-refractivity contribution in [2.75, 3.05) is 12.3 Å². The van der Waals surface area contributed by atoms with Crippen molar-refractivity contribution in [3.8, 4) is 0 Å². The van der Waals surface area contributed by atoms with E-state index >= 15 is 0 Å². The third-order valence-corrected chi connectivity index (χ3v) is 7.29. The van der Waals surface area contributed by atoms with Gasteiger partial charge >= 0.3 is 0 Å². The van der Waals surface area contributed by atoms with Crippen LogP contribution in [0.25, 0.3) is 0 Å². The van der Waals surface area contributed by atoms with Gasteiger partial charge in [-0.1, -0.05) is 19.8 Å². The van der Waals surface area contributed by atoms with Gasteiger partial charge in [0.15, 0.2) is 0 Å². The quantitative estimate of drug-likeness (QED) is 0.595. The summed E-state index contributed by atoms with van der Waals surface area (Å²) in [6.45, 7) is 2.33. The van der Waals surface area contributed by atoms with Crippen LogP contribution in [0.15, 0.2) is 0 Å². The van der Waals surface area contributed by atoms with E-state index in [0.717, 1.165) is 5.92 Å². The Bertz CT molecular complexity index is 153. The maximum Gasteiger partial charge on any atom is -0.0209 e. The first kappa shape index (κ1) is 9.97. The van der Waals surface area contributed by atoms with Crippen LogP contribution < -0.4 is 0 Å². The van der Waals surface area contributed by atoms with Gasteiger partial charge in [-0.05, 0) is 56.0 Å². The van der Waals surface area contributed by atoms with E-state index in [-0.39, 0.29) is 0 Å². The molecule has 0 aromatic rings. The van der Waals surface area contributed by atoms with Crippen LogP contribution in [0.2, 0.25) is 0 Å². The average Bonchev–Trinajstić information content (AvgIpc) is 2.18. The summed E-state index contributed by atoms with van der Waals surface area (Å²) in [5, 5.41) is 0. The number of rotatable bonds is 3. The molecule has 0 nitrogen and oxygen atoms in total. The van der Waals surface area contributed by atoms with E-state index in [1.54, 1.807) is 44.4 Å². The lowest BCUT2D eigenvalue weighted by atomic mass is 9.96. The molecule has 0 aliphatic carbocycles. The zero-order valence-electron chi connectivity index (χ0n) is 8.97. The van der Waals surface area contributed by atoms with Crippen LogP contribution >= 0.6 is 7.92 Å². The van der Waals surface area contributed by atoms with Gasteiger partial charge in [0, 0.05) is 0 Å². The number of hydrogen-bond acceptors (Lipinski definition) is 0. The Morgan fingerprint density at radius 1 is 1.23 bits per heavy atom. The van der Waals surface area contributed by atoms with E-state index in [0.29, 0.717) is 7.92 Å². The van der Waals surface area contributed by atoms with Crippen molar-refractivity contribution >= 4 is 7.92 Å². The van der Waals surface area contributed by atoms with Crippen LogP contribution in [0.4, 0.5) is 0 Å². The second-order valence-corrected chi connectivity index (χ2v) is 7.60. The Kier molecular flexibility index (Phi) is 3.66. The summed E-state index contributed by atoms with van der Waals surface area (Å²) in [4.78, 5) is 0. The smallest absolute Gasteiger partial charge is 0.0209 e. The van der Waals surface area contributed by atoms with Crippen LogP contribution in [0.1, 0.15) is 51.9 Å². The van der Waals surface area contributed by atoms with Gasteiger partial charge in [-0.3, -0.25) is 0 Å². The van der Waals surface area contributed by atoms with E-state index in [1.807, 2.05) is 0 Å². The Morgan fingerprint density at radius 3 is 3.00 bits per heavy atom. The van der Waals surface area contributed by atoms with E-state index in [4.69, 9.17) is 0 Å². The molecule has 0 spiro atoms. The topological polar surface area (TPSA) is 0 Å². The highest BCUT2D eigenvalue weighted by molar-refractivity contribution is 7.58. The lowest BCUT2D eigenvalue weighted by molar-refractivity contribution is 0.423. The molecule has 2 aliphatic rings. The van der Waals surface area contributed by atoms with Gasteiger partial charge in [0.05, 0.1) is 0 Å². The SMILES string of the molecule is CCCCC1CCC2CCCP1C2. The van der Waals surface area contributed by atoms with Gasteiger partial charge in [-0.2, -0.15) is 0 Å². The van der Waals surface area contributed by atoms with E-state index in [1.165, 1.54) is 18.5 Å². The fraction of sp³-hybridized carbons (Fsp3) is 1.00. The number of fused-ring (bicyclic) bond motifs is 2. The van der Waals surface area contributed by atoms with Gasteiger partial charge in [0.25, 0.3) is 0 Å². The highest BCUT2D eigenvalue weighted by atomic mass is 31.1. The molecule has 1 heteroatoms. The van der Waals surface area contributed by atoms with Gasteiger partial charge < -0.3 is 0 Å². The van der Waals surface area contributed by atoms with Crippen LogP contribution in [0.3, 0.4) is 0 Å². The molecule has 2 saturated heterocycles. The fourth-order valence-corrected chi connectivity index (χ4v) is 6.57. The molecule has 2 rings (SSSR count). The summed E-state index contributed by atoms with van der Waals surface area (Å²) in [6.07, 6.45) is 14.1. The standard InChI is InChI=1S/C12H23P/c1-2-3-6-12-8-7-11-5-4-9-13(12)10-11/h11-12H,2-10H2,1H3. The molecule has 2 fully saturated rings. The molecular weight excluding hydrogens is 175 g/mol. The zero-order chi connectivity index (χ0) is 9.10. The summed E-state index contributed by atoms with van der Waals surface area (Å²) in [7, 11) is 0.503. The summed E-state index contributed by atoms with van der Waals surface area (Å²) in [5.41, 5.74) is 1.19. The van der Waals surface area contributed by atoms with E-state index < -0.39 is 0 Å². The van der Waals surface area contributed by atoms with Crippen molar-refractivity contribution in [3.63, 3.8) is 0 Å². The van der Waals surface area contributed by atoms with E-state index in [9.17, 15) is 0 Å². The number of hydrogen-bond donors (Lipinski definition) is 0. The van der Waals surface area contributed by atoms with Crippen molar-refractivity contribution < 1.29 is 0 Å². The molecule has 0 saturated carbocycles. The molecule has 0 aromatic carbocycles. The van der Waals surface area contributed by atoms with Crippen LogP contribution in [0.5, 0.6) is 0 Å². The summed E-state index contributed by atoms with van der Waals surface area (Å²) >= 11 is 0. The summed E-state index contributed by atoms with van der Waals surface area (Å²) in [6, 6.07) is 0. The first-order valence-corrected chi connectivity index (χ1v) is 7.92. The molecule has 0 amide bonds. The molecule has 3 unspecified atom stereocenters. The first-order chi connectivity index (χ1) is 6.40. The van der Waals surface area contributed by atoms with Gasteiger partial charge in [-0.15, -0.1) is 7.92 Å². The molecule has 2 heterocycles.